The first kappa shape index (κ1) is 16.9. The Hall–Kier alpha value is -1.14. The van der Waals surface area contributed by atoms with Gasteiger partial charge in [0.25, 0.3) is 0 Å². The van der Waals surface area contributed by atoms with E-state index in [-0.39, 0.29) is 31.8 Å². The zero-order valence-corrected chi connectivity index (χ0v) is 10.4. The van der Waals surface area contributed by atoms with Crippen molar-refractivity contribution < 1.29 is 13.2 Å². The zero-order valence-electron chi connectivity index (χ0n) is 9.60. The van der Waals surface area contributed by atoms with E-state index in [4.69, 9.17) is 5.73 Å². The predicted molar refractivity (Wildman–Crippen MR) is 66.3 cm³/mol. The van der Waals surface area contributed by atoms with Crippen molar-refractivity contribution >= 4 is 18.1 Å². The molecule has 0 spiro atoms. The number of benzene rings is 1. The number of nitrogens with zero attached hydrogens (tertiary/aromatic N) is 2. The molecule has 1 unspecified atom stereocenters. The van der Waals surface area contributed by atoms with Crippen molar-refractivity contribution in [2.75, 3.05) is 6.54 Å². The number of halogens is 4. The van der Waals surface area contributed by atoms with Gasteiger partial charge in [0.15, 0.2) is 6.04 Å². The lowest BCUT2D eigenvalue weighted by atomic mass is 10.1. The van der Waals surface area contributed by atoms with Crippen LogP contribution in [0.25, 0.3) is 0 Å². The second-order valence-electron chi connectivity index (χ2n) is 3.54. The standard InChI is InChI=1S/C11H14F3N3.ClH/c12-11(13,14)10(7-4-8-15)17-16-9-5-2-1-3-6-9;/h1-3,5-6,10H,4,7-8,15H2;1H. The Balaban J connectivity index is 0.00000289. The minimum absolute atomic E-state index is 0. The van der Waals surface area contributed by atoms with Crippen LogP contribution in [0.15, 0.2) is 40.6 Å². The summed E-state index contributed by atoms with van der Waals surface area (Å²) in [6.45, 7) is 0.216. The molecule has 0 saturated heterocycles. The maximum atomic E-state index is 12.6. The summed E-state index contributed by atoms with van der Waals surface area (Å²) < 4.78 is 37.7. The lowest BCUT2D eigenvalue weighted by molar-refractivity contribution is -0.149. The van der Waals surface area contributed by atoms with Crippen molar-refractivity contribution in [3.63, 3.8) is 0 Å². The Morgan fingerprint density at radius 2 is 1.78 bits per heavy atom. The molecular weight excluding hydrogens is 267 g/mol. The maximum Gasteiger partial charge on any atom is 0.412 e. The van der Waals surface area contributed by atoms with Gasteiger partial charge in [-0.15, -0.1) is 12.4 Å². The van der Waals surface area contributed by atoms with E-state index in [1.165, 1.54) is 0 Å². The molecule has 102 valence electrons. The topological polar surface area (TPSA) is 50.7 Å². The molecule has 0 aliphatic carbocycles. The highest BCUT2D eigenvalue weighted by Gasteiger charge is 2.39. The Morgan fingerprint density at radius 1 is 1.17 bits per heavy atom. The predicted octanol–water partition coefficient (Wildman–Crippen LogP) is 3.86. The fourth-order valence-corrected chi connectivity index (χ4v) is 1.23. The fourth-order valence-electron chi connectivity index (χ4n) is 1.23. The van der Waals surface area contributed by atoms with E-state index in [1.54, 1.807) is 30.3 Å². The monoisotopic (exact) mass is 281 g/mol. The smallest absolute Gasteiger partial charge is 0.330 e. The Bertz CT molecular complexity index is 354. The van der Waals surface area contributed by atoms with Crippen LogP contribution in [0.4, 0.5) is 18.9 Å². The maximum absolute atomic E-state index is 12.6. The third-order valence-corrected chi connectivity index (χ3v) is 2.13. The SMILES string of the molecule is Cl.NCCCC(N=Nc1ccccc1)C(F)(F)F. The summed E-state index contributed by atoms with van der Waals surface area (Å²) in [6.07, 6.45) is -4.22. The summed E-state index contributed by atoms with van der Waals surface area (Å²) in [5.41, 5.74) is 5.60. The van der Waals surface area contributed by atoms with Crippen LogP contribution in [0.5, 0.6) is 0 Å². The molecule has 0 amide bonds. The third kappa shape index (κ3) is 5.97. The van der Waals surface area contributed by atoms with Gasteiger partial charge in [-0.25, -0.2) is 0 Å². The van der Waals surface area contributed by atoms with Crippen LogP contribution in [0, 0.1) is 0 Å². The van der Waals surface area contributed by atoms with Gasteiger partial charge in [-0.1, -0.05) is 18.2 Å². The normalized spacial score (nSPS) is 13.3. The number of nitrogens with two attached hydrogens (primary N) is 1. The van der Waals surface area contributed by atoms with Crippen molar-refractivity contribution in [3.8, 4) is 0 Å². The highest BCUT2D eigenvalue weighted by Crippen LogP contribution is 2.27. The van der Waals surface area contributed by atoms with Crippen molar-refractivity contribution in [2.24, 2.45) is 16.0 Å². The molecule has 1 atom stereocenters. The summed E-state index contributed by atoms with van der Waals surface area (Å²) >= 11 is 0. The highest BCUT2D eigenvalue weighted by atomic mass is 35.5. The molecule has 1 aromatic rings. The molecule has 0 saturated carbocycles. The molecule has 0 radical (unpaired) electrons. The van der Waals surface area contributed by atoms with E-state index >= 15 is 0 Å². The Morgan fingerprint density at radius 3 is 2.28 bits per heavy atom. The van der Waals surface area contributed by atoms with Crippen molar-refractivity contribution in [3.05, 3.63) is 30.3 Å². The van der Waals surface area contributed by atoms with Gasteiger partial charge in [0.05, 0.1) is 5.69 Å². The van der Waals surface area contributed by atoms with Crippen molar-refractivity contribution in [1.29, 1.82) is 0 Å². The molecule has 3 nitrogen and oxygen atoms in total. The van der Waals surface area contributed by atoms with Crippen LogP contribution in [-0.2, 0) is 0 Å². The molecular formula is C11H15ClF3N3. The zero-order chi connectivity index (χ0) is 12.7. The van der Waals surface area contributed by atoms with Gasteiger partial charge in [-0.05, 0) is 31.5 Å². The first-order valence-electron chi connectivity index (χ1n) is 5.26. The number of hydrogen-bond acceptors (Lipinski definition) is 3. The van der Waals surface area contributed by atoms with Gasteiger partial charge < -0.3 is 5.73 Å². The Kier molecular flexibility index (Phi) is 7.54. The second kappa shape index (κ2) is 8.05. The summed E-state index contributed by atoms with van der Waals surface area (Å²) in [6, 6.07) is 6.56. The van der Waals surface area contributed by atoms with Gasteiger partial charge in [0, 0.05) is 0 Å². The minimum atomic E-state index is -4.37. The highest BCUT2D eigenvalue weighted by molar-refractivity contribution is 5.85. The van der Waals surface area contributed by atoms with Gasteiger partial charge >= 0.3 is 6.18 Å². The fraction of sp³-hybridized carbons (Fsp3) is 0.455. The van der Waals surface area contributed by atoms with E-state index in [2.05, 4.69) is 10.2 Å². The number of azo groups is 1. The molecule has 0 aliphatic heterocycles. The average molecular weight is 282 g/mol. The van der Waals surface area contributed by atoms with E-state index in [0.29, 0.717) is 5.69 Å². The molecule has 1 aromatic carbocycles. The first-order valence-corrected chi connectivity index (χ1v) is 5.26. The molecule has 0 aromatic heterocycles. The van der Waals surface area contributed by atoms with E-state index in [0.717, 1.165) is 0 Å². The number of hydrogen-bond donors (Lipinski definition) is 1. The van der Waals surface area contributed by atoms with Crippen LogP contribution in [0.1, 0.15) is 12.8 Å². The van der Waals surface area contributed by atoms with Crippen LogP contribution < -0.4 is 5.73 Å². The molecule has 7 heteroatoms. The summed E-state index contributed by atoms with van der Waals surface area (Å²) in [5, 5.41) is 6.94. The van der Waals surface area contributed by atoms with Crippen molar-refractivity contribution in [1.82, 2.24) is 0 Å². The quantitative estimate of drug-likeness (QED) is 0.819. The second-order valence-corrected chi connectivity index (χ2v) is 3.54. The minimum Gasteiger partial charge on any atom is -0.330 e. The van der Waals surface area contributed by atoms with Crippen molar-refractivity contribution in [2.45, 2.75) is 25.1 Å². The van der Waals surface area contributed by atoms with Crippen LogP contribution in [-0.4, -0.2) is 18.8 Å². The van der Waals surface area contributed by atoms with E-state index in [1.807, 2.05) is 0 Å². The Labute approximate surface area is 110 Å². The number of alkyl halides is 3. The molecule has 0 aliphatic rings. The lowest BCUT2D eigenvalue weighted by Gasteiger charge is -2.14. The molecule has 2 N–H and O–H groups in total. The molecule has 0 bridgehead atoms. The third-order valence-electron chi connectivity index (χ3n) is 2.13. The molecule has 0 heterocycles. The van der Waals surface area contributed by atoms with E-state index < -0.39 is 12.2 Å². The van der Waals surface area contributed by atoms with Gasteiger partial charge in [0.1, 0.15) is 0 Å². The lowest BCUT2D eigenvalue weighted by Crippen LogP contribution is -2.27. The van der Waals surface area contributed by atoms with Gasteiger partial charge in [-0.3, -0.25) is 0 Å². The summed E-state index contributed by atoms with van der Waals surface area (Å²) in [7, 11) is 0. The molecule has 0 fully saturated rings. The first-order chi connectivity index (χ1) is 8.04. The van der Waals surface area contributed by atoms with Crippen LogP contribution >= 0.6 is 12.4 Å². The van der Waals surface area contributed by atoms with Crippen LogP contribution in [0.2, 0.25) is 0 Å². The van der Waals surface area contributed by atoms with E-state index in [9.17, 15) is 13.2 Å². The molecule has 1 rings (SSSR count). The van der Waals surface area contributed by atoms with Crippen LogP contribution in [0.3, 0.4) is 0 Å². The van der Waals surface area contributed by atoms with Gasteiger partial charge in [0.2, 0.25) is 0 Å². The largest absolute Gasteiger partial charge is 0.412 e. The molecule has 18 heavy (non-hydrogen) atoms. The average Bonchev–Trinajstić information content (AvgIpc) is 2.29. The summed E-state index contributed by atoms with van der Waals surface area (Å²) in [5.74, 6) is 0. The summed E-state index contributed by atoms with van der Waals surface area (Å²) in [4.78, 5) is 0. The van der Waals surface area contributed by atoms with Gasteiger partial charge in [-0.2, -0.15) is 23.4 Å². The number of rotatable bonds is 5.